The van der Waals surface area contributed by atoms with Crippen molar-refractivity contribution in [2.75, 3.05) is 7.11 Å². The van der Waals surface area contributed by atoms with Crippen LogP contribution in [0.4, 0.5) is 0 Å². The number of rotatable bonds is 4. The monoisotopic (exact) mass is 430 g/mol. The smallest absolute Gasteiger partial charge is 0.140 e. The summed E-state index contributed by atoms with van der Waals surface area (Å²) in [6.07, 6.45) is 3.78. The largest absolute Gasteiger partial charge is 0.377 e. The molecule has 6 rings (SSSR count). The lowest BCUT2D eigenvalue weighted by Crippen LogP contribution is -2.03. The molecule has 3 aromatic carbocycles. The van der Waals surface area contributed by atoms with E-state index >= 15 is 0 Å². The number of aryl methyl sites for hydroxylation is 1. The first-order chi connectivity index (χ1) is 16.2. The van der Waals surface area contributed by atoms with Crippen LogP contribution in [0.2, 0.25) is 0 Å². The number of aromatic nitrogens is 4. The van der Waals surface area contributed by atoms with Crippen LogP contribution < -0.4 is 0 Å². The van der Waals surface area contributed by atoms with Gasteiger partial charge in [-0.25, -0.2) is 4.98 Å². The van der Waals surface area contributed by atoms with E-state index in [0.29, 0.717) is 6.61 Å². The van der Waals surface area contributed by atoms with Crippen LogP contribution in [0.15, 0.2) is 85.2 Å². The van der Waals surface area contributed by atoms with E-state index in [1.165, 1.54) is 5.56 Å². The van der Waals surface area contributed by atoms with E-state index in [-0.39, 0.29) is 0 Å². The molecule has 0 aliphatic carbocycles. The van der Waals surface area contributed by atoms with Gasteiger partial charge < -0.3 is 4.74 Å². The van der Waals surface area contributed by atoms with Crippen molar-refractivity contribution >= 4 is 32.8 Å². The highest BCUT2D eigenvalue weighted by Crippen LogP contribution is 2.32. The van der Waals surface area contributed by atoms with Crippen LogP contribution in [-0.4, -0.2) is 26.6 Å². The molecule has 3 heterocycles. The van der Waals surface area contributed by atoms with Gasteiger partial charge in [0.25, 0.3) is 0 Å². The van der Waals surface area contributed by atoms with Crippen LogP contribution in [0.3, 0.4) is 0 Å². The number of para-hydroxylation sites is 1. The van der Waals surface area contributed by atoms with Crippen molar-refractivity contribution in [1.29, 1.82) is 0 Å². The van der Waals surface area contributed by atoms with E-state index in [9.17, 15) is 0 Å². The average molecular weight is 431 g/mol. The molecule has 0 saturated heterocycles. The van der Waals surface area contributed by atoms with Gasteiger partial charge in [-0.1, -0.05) is 36.4 Å². The van der Waals surface area contributed by atoms with Gasteiger partial charge >= 0.3 is 0 Å². The molecule has 0 aliphatic heterocycles. The summed E-state index contributed by atoms with van der Waals surface area (Å²) in [5, 5.41) is 2.17. The Balaban J connectivity index is 1.63. The fourth-order valence-electron chi connectivity index (χ4n) is 4.48. The van der Waals surface area contributed by atoms with Crippen LogP contribution in [0.5, 0.6) is 0 Å². The minimum Gasteiger partial charge on any atom is -0.377 e. The number of imidazole rings is 1. The highest BCUT2D eigenvalue weighted by atomic mass is 16.5. The second-order valence-electron chi connectivity index (χ2n) is 8.28. The van der Waals surface area contributed by atoms with E-state index in [1.807, 2.05) is 30.6 Å². The third kappa shape index (κ3) is 3.34. The number of ether oxygens (including phenoxy) is 1. The predicted molar refractivity (Wildman–Crippen MR) is 133 cm³/mol. The lowest BCUT2D eigenvalue weighted by Gasteiger charge is -2.12. The van der Waals surface area contributed by atoms with Crippen LogP contribution in [0.25, 0.3) is 49.7 Å². The molecule has 5 heteroatoms. The van der Waals surface area contributed by atoms with Gasteiger partial charge in [0.2, 0.25) is 0 Å². The lowest BCUT2D eigenvalue weighted by molar-refractivity contribution is 0.177. The zero-order chi connectivity index (χ0) is 22.4. The molecule has 0 unspecified atom stereocenters. The van der Waals surface area contributed by atoms with Crippen molar-refractivity contribution in [2.24, 2.45) is 0 Å². The summed E-state index contributed by atoms with van der Waals surface area (Å²) in [6, 6.07) is 25.2. The van der Waals surface area contributed by atoms with Crippen molar-refractivity contribution in [1.82, 2.24) is 19.5 Å². The molecule has 0 radical (unpaired) electrons. The van der Waals surface area contributed by atoms with Gasteiger partial charge in [0, 0.05) is 35.3 Å². The van der Waals surface area contributed by atoms with Crippen molar-refractivity contribution < 1.29 is 4.74 Å². The third-order valence-corrected chi connectivity index (χ3v) is 6.01. The first-order valence-corrected chi connectivity index (χ1v) is 10.9. The summed E-state index contributed by atoms with van der Waals surface area (Å²) >= 11 is 0. The minimum absolute atomic E-state index is 0.415. The highest BCUT2D eigenvalue weighted by molar-refractivity contribution is 6.05. The van der Waals surface area contributed by atoms with Crippen molar-refractivity contribution in [3.8, 4) is 16.8 Å². The maximum Gasteiger partial charge on any atom is 0.140 e. The molecule has 0 spiro atoms. The van der Waals surface area contributed by atoms with Crippen molar-refractivity contribution in [3.05, 3.63) is 96.6 Å². The quantitative estimate of drug-likeness (QED) is 0.332. The fraction of sp³-hybridized carbons (Fsp3) is 0.107. The van der Waals surface area contributed by atoms with Gasteiger partial charge in [0.15, 0.2) is 0 Å². The zero-order valence-electron chi connectivity index (χ0n) is 18.5. The maximum atomic E-state index is 5.48. The molecular weight excluding hydrogens is 408 g/mol. The summed E-state index contributed by atoms with van der Waals surface area (Å²) in [4.78, 5) is 14.2. The molecule has 0 atom stereocenters. The summed E-state index contributed by atoms with van der Waals surface area (Å²) in [5.41, 5.74) is 8.24. The Hall–Kier alpha value is -4.09. The van der Waals surface area contributed by atoms with Crippen LogP contribution in [0, 0.1) is 6.92 Å². The van der Waals surface area contributed by atoms with E-state index in [1.54, 1.807) is 7.11 Å². The van der Waals surface area contributed by atoms with Gasteiger partial charge in [0.1, 0.15) is 17.9 Å². The Morgan fingerprint density at radius 3 is 2.55 bits per heavy atom. The molecule has 0 aliphatic rings. The Morgan fingerprint density at radius 1 is 0.788 bits per heavy atom. The number of benzene rings is 3. The van der Waals surface area contributed by atoms with Crippen molar-refractivity contribution in [3.63, 3.8) is 0 Å². The molecule has 0 N–H and O–H groups in total. The first kappa shape index (κ1) is 19.6. The molecule has 0 saturated carbocycles. The number of hydrogen-bond acceptors (Lipinski definition) is 4. The SMILES string of the molecule is COCc1nc2cnc3ccc(-c4cnc5ccccc5c4)cc3c2n1-c1cccc(C)c1. The second kappa shape index (κ2) is 7.80. The van der Waals surface area contributed by atoms with Gasteiger partial charge in [0.05, 0.1) is 22.7 Å². The van der Waals surface area contributed by atoms with Gasteiger partial charge in [-0.3, -0.25) is 14.5 Å². The second-order valence-corrected chi connectivity index (χ2v) is 8.28. The zero-order valence-corrected chi connectivity index (χ0v) is 18.5. The fourth-order valence-corrected chi connectivity index (χ4v) is 4.48. The number of fused-ring (bicyclic) bond motifs is 4. The molecule has 6 aromatic rings. The number of nitrogens with zero attached hydrogens (tertiary/aromatic N) is 4. The highest BCUT2D eigenvalue weighted by Gasteiger charge is 2.17. The number of pyridine rings is 2. The van der Waals surface area contributed by atoms with Gasteiger partial charge in [-0.2, -0.15) is 0 Å². The molecule has 5 nitrogen and oxygen atoms in total. The Bertz CT molecular complexity index is 1650. The topological polar surface area (TPSA) is 52.8 Å². The molecule has 0 amide bonds. The summed E-state index contributed by atoms with van der Waals surface area (Å²) in [5.74, 6) is 0.852. The Kier molecular flexibility index (Phi) is 4.63. The minimum atomic E-state index is 0.415. The first-order valence-electron chi connectivity index (χ1n) is 10.9. The predicted octanol–water partition coefficient (Wildman–Crippen LogP) is 6.24. The van der Waals surface area contributed by atoms with Crippen LogP contribution in [0.1, 0.15) is 11.4 Å². The molecule has 33 heavy (non-hydrogen) atoms. The lowest BCUT2D eigenvalue weighted by atomic mass is 10.0. The van der Waals surface area contributed by atoms with E-state index < -0.39 is 0 Å². The van der Waals surface area contributed by atoms with Gasteiger partial charge in [-0.15, -0.1) is 0 Å². The maximum absolute atomic E-state index is 5.48. The molecule has 3 aromatic heterocycles. The average Bonchev–Trinajstić information content (AvgIpc) is 3.22. The Labute approximate surface area is 191 Å². The van der Waals surface area contributed by atoms with E-state index in [2.05, 4.69) is 76.1 Å². The summed E-state index contributed by atoms with van der Waals surface area (Å²) in [7, 11) is 1.70. The van der Waals surface area contributed by atoms with Gasteiger partial charge in [-0.05, 0) is 54.4 Å². The van der Waals surface area contributed by atoms with E-state index in [0.717, 1.165) is 55.5 Å². The van der Waals surface area contributed by atoms with Crippen LogP contribution >= 0.6 is 0 Å². The van der Waals surface area contributed by atoms with E-state index in [4.69, 9.17) is 9.72 Å². The number of methoxy groups -OCH3 is 1. The normalized spacial score (nSPS) is 11.6. The van der Waals surface area contributed by atoms with Crippen LogP contribution in [-0.2, 0) is 11.3 Å². The van der Waals surface area contributed by atoms with Crippen molar-refractivity contribution in [2.45, 2.75) is 13.5 Å². The molecule has 0 bridgehead atoms. The number of hydrogen-bond donors (Lipinski definition) is 0. The molecular formula is C28H22N4O. The summed E-state index contributed by atoms with van der Waals surface area (Å²) in [6.45, 7) is 2.52. The molecule has 0 fully saturated rings. The standard InChI is InChI=1S/C28H22N4O/c1-18-6-5-8-22(12-18)32-27(17-33-2)31-26-16-30-25-11-10-19(14-23(25)28(26)32)21-13-20-7-3-4-9-24(20)29-15-21/h3-16H,17H2,1-2H3. The Morgan fingerprint density at radius 2 is 1.67 bits per heavy atom. The third-order valence-electron chi connectivity index (χ3n) is 6.01. The summed E-state index contributed by atoms with van der Waals surface area (Å²) < 4.78 is 7.68. The molecule has 160 valence electrons.